The molecule has 1 aliphatic heterocycles. The zero-order chi connectivity index (χ0) is 23.9. The zero-order valence-electron chi connectivity index (χ0n) is 18.7. The van der Waals surface area contributed by atoms with E-state index >= 15 is 0 Å². The number of hydrogen-bond donors (Lipinski definition) is 2. The van der Waals surface area contributed by atoms with E-state index in [0.29, 0.717) is 13.0 Å². The van der Waals surface area contributed by atoms with E-state index in [0.717, 1.165) is 31.5 Å². The number of non-ortho nitro benzene ring substituents is 1. The summed E-state index contributed by atoms with van der Waals surface area (Å²) in [6, 6.07) is 22.5. The van der Waals surface area contributed by atoms with E-state index in [-0.39, 0.29) is 11.4 Å². The first-order chi connectivity index (χ1) is 16.5. The predicted molar refractivity (Wildman–Crippen MR) is 131 cm³/mol. The molecule has 8 heteroatoms. The van der Waals surface area contributed by atoms with Gasteiger partial charge in [0, 0.05) is 43.1 Å². The lowest BCUT2D eigenvalue weighted by Gasteiger charge is -2.30. The van der Waals surface area contributed by atoms with Crippen LogP contribution >= 0.6 is 0 Å². The van der Waals surface area contributed by atoms with Crippen molar-refractivity contribution in [3.05, 3.63) is 99.6 Å². The van der Waals surface area contributed by atoms with Gasteiger partial charge in [-0.15, -0.1) is 0 Å². The molecule has 1 aliphatic rings. The maximum atomic E-state index is 12.0. The molecule has 8 nitrogen and oxygen atoms in total. The molecule has 0 spiro atoms. The van der Waals surface area contributed by atoms with Crippen LogP contribution in [0.2, 0.25) is 0 Å². The van der Waals surface area contributed by atoms with E-state index in [1.165, 1.54) is 41.1 Å². The number of aryl methyl sites for hydroxylation is 1. The molecule has 2 N–H and O–H groups in total. The fourth-order valence-electron chi connectivity index (χ4n) is 4.05. The highest BCUT2D eigenvalue weighted by molar-refractivity contribution is 6.39. The van der Waals surface area contributed by atoms with Gasteiger partial charge >= 0.3 is 11.8 Å². The number of carbonyl (C=O) groups excluding carboxylic acids is 2. The molecule has 0 fully saturated rings. The molecule has 0 saturated carbocycles. The van der Waals surface area contributed by atoms with E-state index in [1.54, 1.807) is 0 Å². The molecule has 2 amide bonds. The van der Waals surface area contributed by atoms with Crippen molar-refractivity contribution in [1.82, 2.24) is 5.32 Å². The largest absolute Gasteiger partial charge is 0.367 e. The fourth-order valence-corrected chi connectivity index (χ4v) is 4.05. The number of rotatable bonds is 7. The number of hydrogen-bond acceptors (Lipinski definition) is 5. The van der Waals surface area contributed by atoms with Crippen LogP contribution in [0.25, 0.3) is 0 Å². The Balaban J connectivity index is 1.20. The van der Waals surface area contributed by atoms with Crippen molar-refractivity contribution in [1.29, 1.82) is 0 Å². The SMILES string of the molecule is O=C(NCCCc1ccc(N2CCc3ccccc3C2)cc1)C(=O)Nc1cccc([N+](=O)[O-])c1. The highest BCUT2D eigenvalue weighted by Gasteiger charge is 2.16. The molecule has 0 unspecified atom stereocenters. The van der Waals surface area contributed by atoms with Crippen molar-refractivity contribution < 1.29 is 14.5 Å². The minimum absolute atomic E-state index is 0.158. The van der Waals surface area contributed by atoms with E-state index in [4.69, 9.17) is 0 Å². The van der Waals surface area contributed by atoms with Crippen molar-refractivity contribution >= 4 is 28.9 Å². The Morgan fingerprint density at radius 2 is 1.71 bits per heavy atom. The van der Waals surface area contributed by atoms with Crippen LogP contribution in [-0.4, -0.2) is 29.8 Å². The number of nitro benzene ring substituents is 1. The van der Waals surface area contributed by atoms with Crippen molar-refractivity contribution in [3.63, 3.8) is 0 Å². The summed E-state index contributed by atoms with van der Waals surface area (Å²) in [6.07, 6.45) is 2.51. The molecule has 0 atom stereocenters. The lowest BCUT2D eigenvalue weighted by Crippen LogP contribution is -2.36. The Morgan fingerprint density at radius 1 is 0.941 bits per heavy atom. The summed E-state index contributed by atoms with van der Waals surface area (Å²) >= 11 is 0. The van der Waals surface area contributed by atoms with Gasteiger partial charge in [-0.3, -0.25) is 19.7 Å². The summed E-state index contributed by atoms with van der Waals surface area (Å²) in [6.45, 7) is 2.27. The normalized spacial score (nSPS) is 12.5. The number of anilines is 2. The lowest BCUT2D eigenvalue weighted by molar-refractivity contribution is -0.384. The molecule has 0 radical (unpaired) electrons. The third-order valence-corrected chi connectivity index (χ3v) is 5.88. The third-order valence-electron chi connectivity index (χ3n) is 5.88. The molecule has 174 valence electrons. The summed E-state index contributed by atoms with van der Waals surface area (Å²) < 4.78 is 0. The van der Waals surface area contributed by atoms with Crippen LogP contribution in [0, 0.1) is 10.1 Å². The van der Waals surface area contributed by atoms with Gasteiger partial charge in [-0.2, -0.15) is 0 Å². The van der Waals surface area contributed by atoms with Gasteiger partial charge in [0.1, 0.15) is 0 Å². The van der Waals surface area contributed by atoms with E-state index in [9.17, 15) is 19.7 Å². The average Bonchev–Trinajstić information content (AvgIpc) is 2.86. The molecule has 3 aromatic rings. The van der Waals surface area contributed by atoms with Crippen molar-refractivity contribution in [2.45, 2.75) is 25.8 Å². The first kappa shape index (κ1) is 23.0. The van der Waals surface area contributed by atoms with Crippen molar-refractivity contribution in [2.24, 2.45) is 0 Å². The maximum Gasteiger partial charge on any atom is 0.313 e. The van der Waals surface area contributed by atoms with Gasteiger partial charge in [-0.25, -0.2) is 0 Å². The number of nitro groups is 1. The standard InChI is InChI=1S/C26H26N4O4/c31-25(26(32)28-22-8-3-9-24(17-22)30(33)34)27-15-4-5-19-10-12-23(13-11-19)29-16-14-20-6-1-2-7-21(20)18-29/h1-3,6-13,17H,4-5,14-16,18H2,(H,27,31)(H,28,32). The summed E-state index contributed by atoms with van der Waals surface area (Å²) in [5, 5.41) is 15.8. The monoisotopic (exact) mass is 458 g/mol. The average molecular weight is 459 g/mol. The van der Waals surface area contributed by atoms with Crippen LogP contribution < -0.4 is 15.5 Å². The van der Waals surface area contributed by atoms with Gasteiger partial charge in [0.25, 0.3) is 5.69 Å². The first-order valence-electron chi connectivity index (χ1n) is 11.2. The highest BCUT2D eigenvalue weighted by atomic mass is 16.6. The predicted octanol–water partition coefficient (Wildman–Crippen LogP) is 3.85. The molecular formula is C26H26N4O4. The summed E-state index contributed by atoms with van der Waals surface area (Å²) in [5.74, 6) is -1.62. The van der Waals surface area contributed by atoms with Crippen LogP contribution in [0.4, 0.5) is 17.1 Å². The lowest BCUT2D eigenvalue weighted by atomic mass is 9.99. The quantitative estimate of drug-likeness (QED) is 0.242. The summed E-state index contributed by atoms with van der Waals surface area (Å²) in [4.78, 5) is 36.7. The summed E-state index contributed by atoms with van der Waals surface area (Å²) in [5.41, 5.74) is 5.21. The fraction of sp³-hybridized carbons (Fsp3) is 0.231. The van der Waals surface area contributed by atoms with Crippen LogP contribution in [0.3, 0.4) is 0 Å². The second kappa shape index (κ2) is 10.6. The molecule has 0 aromatic heterocycles. The third kappa shape index (κ3) is 5.78. The second-order valence-corrected chi connectivity index (χ2v) is 8.23. The molecule has 0 bridgehead atoms. The Bertz CT molecular complexity index is 1190. The topological polar surface area (TPSA) is 105 Å². The van der Waals surface area contributed by atoms with Gasteiger partial charge in [0.05, 0.1) is 4.92 Å². The highest BCUT2D eigenvalue weighted by Crippen LogP contribution is 2.25. The number of nitrogens with zero attached hydrogens (tertiary/aromatic N) is 2. The number of carbonyl (C=O) groups is 2. The Hall–Kier alpha value is -4.20. The van der Waals surface area contributed by atoms with Crippen LogP contribution in [0.15, 0.2) is 72.8 Å². The van der Waals surface area contributed by atoms with E-state index < -0.39 is 16.7 Å². The smallest absolute Gasteiger partial charge is 0.313 e. The van der Waals surface area contributed by atoms with Crippen LogP contribution in [-0.2, 0) is 29.0 Å². The maximum absolute atomic E-state index is 12.0. The van der Waals surface area contributed by atoms with Crippen molar-refractivity contribution in [3.8, 4) is 0 Å². The molecule has 0 aliphatic carbocycles. The van der Waals surface area contributed by atoms with Gasteiger partial charge < -0.3 is 15.5 Å². The van der Waals surface area contributed by atoms with E-state index in [2.05, 4.69) is 64.1 Å². The molecule has 0 saturated heterocycles. The Kier molecular flexibility index (Phi) is 7.17. The minimum Gasteiger partial charge on any atom is -0.367 e. The van der Waals surface area contributed by atoms with Gasteiger partial charge in [0.2, 0.25) is 0 Å². The Morgan fingerprint density at radius 3 is 2.47 bits per heavy atom. The van der Waals surface area contributed by atoms with Gasteiger partial charge in [-0.1, -0.05) is 42.5 Å². The second-order valence-electron chi connectivity index (χ2n) is 8.23. The molecular weight excluding hydrogens is 432 g/mol. The zero-order valence-corrected chi connectivity index (χ0v) is 18.7. The van der Waals surface area contributed by atoms with Crippen LogP contribution in [0.1, 0.15) is 23.1 Å². The van der Waals surface area contributed by atoms with Crippen LogP contribution in [0.5, 0.6) is 0 Å². The minimum atomic E-state index is -0.854. The number of nitrogens with one attached hydrogen (secondary N) is 2. The molecule has 34 heavy (non-hydrogen) atoms. The number of amides is 2. The van der Waals surface area contributed by atoms with Gasteiger partial charge in [-0.05, 0) is 54.2 Å². The van der Waals surface area contributed by atoms with Gasteiger partial charge in [0.15, 0.2) is 0 Å². The first-order valence-corrected chi connectivity index (χ1v) is 11.2. The molecule has 3 aromatic carbocycles. The van der Waals surface area contributed by atoms with Crippen molar-refractivity contribution in [2.75, 3.05) is 23.3 Å². The van der Waals surface area contributed by atoms with E-state index in [1.807, 2.05) is 0 Å². The summed E-state index contributed by atoms with van der Waals surface area (Å²) in [7, 11) is 0. The molecule has 1 heterocycles. The Labute approximate surface area is 197 Å². The number of fused-ring (bicyclic) bond motifs is 1. The number of benzene rings is 3. The molecule has 4 rings (SSSR count).